The fourth-order valence-electron chi connectivity index (χ4n) is 4.28. The number of benzene rings is 2. The molecule has 5 rings (SSSR count). The van der Waals surface area contributed by atoms with E-state index in [0.29, 0.717) is 12.0 Å². The highest BCUT2D eigenvalue weighted by Gasteiger charge is 2.28. The summed E-state index contributed by atoms with van der Waals surface area (Å²) in [5.41, 5.74) is 6.22. The quantitative estimate of drug-likeness (QED) is 0.428. The first-order valence-electron chi connectivity index (χ1n) is 12.7. The third-order valence-electron chi connectivity index (χ3n) is 6.50. The van der Waals surface area contributed by atoms with Gasteiger partial charge in [-0.15, -0.1) is 11.8 Å². The van der Waals surface area contributed by atoms with Crippen LogP contribution < -0.4 is 5.32 Å². The molecule has 2 aliphatic heterocycles. The van der Waals surface area contributed by atoms with Crippen molar-refractivity contribution in [2.45, 2.75) is 52.0 Å². The summed E-state index contributed by atoms with van der Waals surface area (Å²) >= 11 is 1.85. The Morgan fingerprint density at radius 1 is 1.06 bits per heavy atom. The van der Waals surface area contributed by atoms with Crippen LogP contribution in [-0.4, -0.2) is 27.6 Å². The van der Waals surface area contributed by atoms with Gasteiger partial charge in [0, 0.05) is 29.1 Å². The summed E-state index contributed by atoms with van der Waals surface area (Å²) in [7, 11) is 0. The largest absolute Gasteiger partial charge is 0.349 e. The van der Waals surface area contributed by atoms with E-state index in [-0.39, 0.29) is 5.91 Å². The first kappa shape index (κ1) is 23.7. The number of nitrogens with zero attached hydrogens (tertiary/aromatic N) is 2. The molecule has 0 spiro atoms. The molecule has 1 atom stereocenters. The monoisotopic (exact) mass is 483 g/mol. The topological polar surface area (TPSA) is 44.7 Å². The summed E-state index contributed by atoms with van der Waals surface area (Å²) in [5, 5.41) is 4.17. The maximum absolute atomic E-state index is 12.5. The Balaban J connectivity index is 1.50. The molecule has 3 aliphatic rings. The van der Waals surface area contributed by atoms with Crippen LogP contribution in [0.1, 0.15) is 67.4 Å². The second-order valence-electron chi connectivity index (χ2n) is 9.55. The Morgan fingerprint density at radius 2 is 1.83 bits per heavy atom. The van der Waals surface area contributed by atoms with E-state index in [1.165, 1.54) is 12.8 Å². The smallest absolute Gasteiger partial charge is 0.251 e. The number of rotatable bonds is 7. The Kier molecular flexibility index (Phi) is 7.24. The maximum atomic E-state index is 12.5. The summed E-state index contributed by atoms with van der Waals surface area (Å²) in [6, 6.07) is 18.8. The van der Waals surface area contributed by atoms with E-state index in [9.17, 15) is 4.79 Å². The van der Waals surface area contributed by atoms with Gasteiger partial charge < -0.3 is 10.2 Å². The third kappa shape index (κ3) is 5.62. The number of carbonyl (C=O) groups excluding carboxylic acids is 1. The highest BCUT2D eigenvalue weighted by molar-refractivity contribution is 8.14. The highest BCUT2D eigenvalue weighted by Crippen LogP contribution is 2.38. The van der Waals surface area contributed by atoms with Gasteiger partial charge in [-0.2, -0.15) is 0 Å². The van der Waals surface area contributed by atoms with Crippen LogP contribution in [0.5, 0.6) is 0 Å². The standard InChI is InChI=1S/C30H33N3OS/c1-3-4-18-35-30-27-17-10-21(2)19-28(33(27)20-26(32-30)22-8-6-5-7-9-22)23-11-13-24(14-12-23)29(34)31-25-15-16-25/h5-9,11-14,17,19-21,25H,3-4,10,15-16,18H2,1-2H3,(H,31,34). The van der Waals surface area contributed by atoms with E-state index in [4.69, 9.17) is 4.99 Å². The first-order chi connectivity index (χ1) is 17.1. The Hall–Kier alpha value is -3.05. The number of carbonyl (C=O) groups is 1. The van der Waals surface area contributed by atoms with Crippen molar-refractivity contribution in [3.05, 3.63) is 95.3 Å². The molecule has 1 fully saturated rings. The summed E-state index contributed by atoms with van der Waals surface area (Å²) in [6.07, 6.45) is 12.4. The Labute approximate surface area is 212 Å². The second-order valence-corrected chi connectivity index (χ2v) is 10.6. The predicted molar refractivity (Wildman–Crippen MR) is 148 cm³/mol. The van der Waals surface area contributed by atoms with Gasteiger partial charge in [0.15, 0.2) is 0 Å². The average molecular weight is 484 g/mol. The summed E-state index contributed by atoms with van der Waals surface area (Å²) in [5.74, 6) is 1.48. The molecule has 2 heterocycles. The highest BCUT2D eigenvalue weighted by atomic mass is 32.2. The molecular formula is C30H33N3OS. The van der Waals surface area contributed by atoms with E-state index >= 15 is 0 Å². The molecule has 180 valence electrons. The zero-order valence-corrected chi connectivity index (χ0v) is 21.4. The summed E-state index contributed by atoms with van der Waals surface area (Å²) < 4.78 is 0. The SMILES string of the molecule is CCCCSC1=NC(c2ccccc2)=CN2C1=CCC(C)C=C2c1ccc(C(=O)NC2CC2)cc1. The van der Waals surface area contributed by atoms with Gasteiger partial charge in [0.1, 0.15) is 5.04 Å². The number of hydrogen-bond acceptors (Lipinski definition) is 4. The minimum absolute atomic E-state index is 0.0221. The molecule has 35 heavy (non-hydrogen) atoms. The van der Waals surface area contributed by atoms with Crippen molar-refractivity contribution in [2.75, 3.05) is 5.75 Å². The lowest BCUT2D eigenvalue weighted by molar-refractivity contribution is 0.0951. The number of nitrogens with one attached hydrogen (secondary N) is 1. The van der Waals surface area contributed by atoms with Crippen molar-refractivity contribution in [1.29, 1.82) is 0 Å². The van der Waals surface area contributed by atoms with Crippen LogP contribution in [0.25, 0.3) is 11.4 Å². The van der Waals surface area contributed by atoms with Crippen molar-refractivity contribution >= 4 is 34.1 Å². The van der Waals surface area contributed by atoms with Crippen molar-refractivity contribution in [3.8, 4) is 0 Å². The molecule has 1 saturated carbocycles. The average Bonchev–Trinajstić information content (AvgIpc) is 3.72. The van der Waals surface area contributed by atoms with Crippen LogP contribution in [0.15, 0.2) is 83.6 Å². The molecule has 2 aromatic carbocycles. The van der Waals surface area contributed by atoms with E-state index in [1.54, 1.807) is 0 Å². The van der Waals surface area contributed by atoms with Gasteiger partial charge in [-0.25, -0.2) is 4.99 Å². The molecule has 5 heteroatoms. The van der Waals surface area contributed by atoms with E-state index < -0.39 is 0 Å². The zero-order valence-electron chi connectivity index (χ0n) is 20.5. The maximum Gasteiger partial charge on any atom is 0.251 e. The Bertz CT molecular complexity index is 1190. The second kappa shape index (κ2) is 10.7. The van der Waals surface area contributed by atoms with Crippen molar-refractivity contribution in [2.24, 2.45) is 10.9 Å². The first-order valence-corrected chi connectivity index (χ1v) is 13.7. The summed E-state index contributed by atoms with van der Waals surface area (Å²) in [6.45, 7) is 4.49. The van der Waals surface area contributed by atoms with Crippen LogP contribution in [0.2, 0.25) is 0 Å². The molecule has 0 saturated heterocycles. The van der Waals surface area contributed by atoms with E-state index in [0.717, 1.165) is 63.8 Å². The number of fused-ring (bicyclic) bond motifs is 1. The van der Waals surface area contributed by atoms with Gasteiger partial charge in [-0.05, 0) is 55.1 Å². The number of amides is 1. The number of hydrogen-bond donors (Lipinski definition) is 1. The molecule has 1 aliphatic carbocycles. The molecular weight excluding hydrogens is 450 g/mol. The lowest BCUT2D eigenvalue weighted by Crippen LogP contribution is -2.25. The third-order valence-corrected chi connectivity index (χ3v) is 7.57. The minimum Gasteiger partial charge on any atom is -0.349 e. The van der Waals surface area contributed by atoms with Gasteiger partial charge in [-0.1, -0.05) is 74.9 Å². The lowest BCUT2D eigenvalue weighted by Gasteiger charge is -2.31. The number of thioether (sulfide) groups is 1. The lowest BCUT2D eigenvalue weighted by atomic mass is 10.0. The minimum atomic E-state index is 0.0221. The molecule has 2 aromatic rings. The molecule has 0 radical (unpaired) electrons. The van der Waals surface area contributed by atoms with Gasteiger partial charge in [-0.3, -0.25) is 4.79 Å². The number of unbranched alkanes of at least 4 members (excludes halogenated alkanes) is 1. The van der Waals surface area contributed by atoms with Crippen molar-refractivity contribution in [3.63, 3.8) is 0 Å². The Morgan fingerprint density at radius 3 is 2.54 bits per heavy atom. The number of allylic oxidation sites excluding steroid dienone is 2. The fourth-order valence-corrected chi connectivity index (χ4v) is 5.40. The molecule has 4 nitrogen and oxygen atoms in total. The predicted octanol–water partition coefficient (Wildman–Crippen LogP) is 7.09. The van der Waals surface area contributed by atoms with Crippen LogP contribution in [0.3, 0.4) is 0 Å². The zero-order chi connectivity index (χ0) is 24.2. The van der Waals surface area contributed by atoms with Gasteiger partial charge in [0.05, 0.1) is 11.4 Å². The molecule has 1 unspecified atom stereocenters. The van der Waals surface area contributed by atoms with Crippen molar-refractivity contribution < 1.29 is 4.79 Å². The van der Waals surface area contributed by atoms with E-state index in [1.807, 2.05) is 30.0 Å². The molecule has 0 aromatic heterocycles. The van der Waals surface area contributed by atoms with Crippen LogP contribution in [-0.2, 0) is 0 Å². The van der Waals surface area contributed by atoms with Gasteiger partial charge in [0.2, 0.25) is 0 Å². The van der Waals surface area contributed by atoms with Crippen LogP contribution in [0.4, 0.5) is 0 Å². The molecule has 0 bridgehead atoms. The van der Waals surface area contributed by atoms with Gasteiger partial charge >= 0.3 is 0 Å². The van der Waals surface area contributed by atoms with Crippen molar-refractivity contribution in [1.82, 2.24) is 10.2 Å². The van der Waals surface area contributed by atoms with Gasteiger partial charge in [0.25, 0.3) is 5.91 Å². The normalized spacial score (nSPS) is 19.6. The van der Waals surface area contributed by atoms with Crippen LogP contribution in [0, 0.1) is 5.92 Å². The van der Waals surface area contributed by atoms with Crippen LogP contribution >= 0.6 is 11.8 Å². The fraction of sp³-hybridized carbons (Fsp3) is 0.333. The summed E-state index contributed by atoms with van der Waals surface area (Å²) in [4.78, 5) is 19.9. The molecule has 1 N–H and O–H groups in total. The number of aliphatic imine (C=N–C) groups is 1. The van der Waals surface area contributed by atoms with E-state index in [2.05, 4.69) is 78.8 Å². The molecule has 1 amide bonds.